The molecule has 0 amide bonds. The maximum Gasteiger partial charge on any atom is 0.159 e. The van der Waals surface area contributed by atoms with E-state index >= 15 is 0 Å². The molecule has 76 valence electrons. The molecule has 0 heterocycles. The summed E-state index contributed by atoms with van der Waals surface area (Å²) in [5, 5.41) is 0. The van der Waals surface area contributed by atoms with E-state index in [0.717, 1.165) is 24.0 Å². The molecule has 0 saturated heterocycles. The van der Waals surface area contributed by atoms with Gasteiger partial charge in [0.15, 0.2) is 11.6 Å². The summed E-state index contributed by atoms with van der Waals surface area (Å²) in [5.74, 6) is -0.305. The van der Waals surface area contributed by atoms with Crippen molar-refractivity contribution in [3.05, 3.63) is 34.9 Å². The molecular weight excluding hydrogens is 182 g/mol. The molecule has 0 atom stereocenters. The van der Waals surface area contributed by atoms with Gasteiger partial charge in [0, 0.05) is 0 Å². The van der Waals surface area contributed by atoms with Crippen molar-refractivity contribution in [3.63, 3.8) is 0 Å². The highest BCUT2D eigenvalue weighted by Gasteiger charge is 2.25. The summed E-state index contributed by atoms with van der Waals surface area (Å²) in [7, 11) is 0. The average Bonchev–Trinajstić information content (AvgIpc) is 2.48. The van der Waals surface area contributed by atoms with Crippen LogP contribution in [0.1, 0.15) is 25.0 Å². The number of hydrogen-bond acceptors (Lipinski definition) is 0. The first-order valence-corrected chi connectivity index (χ1v) is 5.04. The van der Waals surface area contributed by atoms with Gasteiger partial charge in [-0.25, -0.2) is 8.78 Å². The monoisotopic (exact) mass is 196 g/mol. The molecule has 0 fully saturated rings. The van der Waals surface area contributed by atoms with Gasteiger partial charge in [0.2, 0.25) is 0 Å². The fourth-order valence-corrected chi connectivity index (χ4v) is 2.12. The lowest BCUT2D eigenvalue weighted by atomic mass is 9.93. The van der Waals surface area contributed by atoms with Crippen LogP contribution in [-0.4, -0.2) is 0 Å². The third-order valence-electron chi connectivity index (χ3n) is 3.15. The zero-order chi connectivity index (χ0) is 10.3. The van der Waals surface area contributed by atoms with Crippen LogP contribution >= 0.6 is 0 Å². The average molecular weight is 196 g/mol. The van der Waals surface area contributed by atoms with E-state index < -0.39 is 11.6 Å². The standard InChI is InChI=1S/C12H14F2/c1-7(2)8-3-9-5-11(13)12(14)6-10(9)4-8/h5-8H,3-4H2,1-2H3. The minimum atomic E-state index is -0.715. The molecule has 0 N–H and O–H groups in total. The highest BCUT2D eigenvalue weighted by atomic mass is 19.2. The molecular formula is C12H14F2. The molecule has 0 bridgehead atoms. The van der Waals surface area contributed by atoms with Gasteiger partial charge < -0.3 is 0 Å². The van der Waals surface area contributed by atoms with Gasteiger partial charge in [0.25, 0.3) is 0 Å². The fraction of sp³-hybridized carbons (Fsp3) is 0.500. The first-order valence-electron chi connectivity index (χ1n) is 5.04. The molecule has 0 spiro atoms. The molecule has 14 heavy (non-hydrogen) atoms. The van der Waals surface area contributed by atoms with Crippen LogP contribution in [0.3, 0.4) is 0 Å². The van der Waals surface area contributed by atoms with Crippen LogP contribution in [0.5, 0.6) is 0 Å². The maximum atomic E-state index is 12.9. The molecule has 1 aliphatic rings. The molecule has 0 aliphatic heterocycles. The summed E-state index contributed by atoms with van der Waals surface area (Å²) >= 11 is 0. The molecule has 0 saturated carbocycles. The molecule has 2 rings (SSSR count). The Kier molecular flexibility index (Phi) is 2.30. The van der Waals surface area contributed by atoms with E-state index in [1.54, 1.807) is 0 Å². The number of benzene rings is 1. The van der Waals surface area contributed by atoms with Crippen molar-refractivity contribution in [2.45, 2.75) is 26.7 Å². The second-order valence-corrected chi connectivity index (χ2v) is 4.45. The van der Waals surface area contributed by atoms with E-state index in [9.17, 15) is 8.78 Å². The first-order chi connectivity index (χ1) is 6.58. The maximum absolute atomic E-state index is 12.9. The highest BCUT2D eigenvalue weighted by molar-refractivity contribution is 5.33. The molecule has 1 aromatic rings. The summed E-state index contributed by atoms with van der Waals surface area (Å²) < 4.78 is 25.9. The summed E-state index contributed by atoms with van der Waals surface area (Å²) in [6.45, 7) is 4.31. The van der Waals surface area contributed by atoms with Crippen molar-refractivity contribution in [2.75, 3.05) is 0 Å². The van der Waals surface area contributed by atoms with E-state index in [4.69, 9.17) is 0 Å². The van der Waals surface area contributed by atoms with Crippen LogP contribution in [0.15, 0.2) is 12.1 Å². The Morgan fingerprint density at radius 3 is 1.86 bits per heavy atom. The summed E-state index contributed by atoms with van der Waals surface area (Å²) in [6.07, 6.45) is 1.79. The highest BCUT2D eigenvalue weighted by Crippen LogP contribution is 2.32. The number of rotatable bonds is 1. The number of fused-ring (bicyclic) bond motifs is 1. The molecule has 0 nitrogen and oxygen atoms in total. The zero-order valence-electron chi connectivity index (χ0n) is 8.48. The lowest BCUT2D eigenvalue weighted by molar-refractivity contribution is 0.404. The van der Waals surface area contributed by atoms with Gasteiger partial charge in [-0.2, -0.15) is 0 Å². The SMILES string of the molecule is CC(C)C1Cc2cc(F)c(F)cc2C1. The molecule has 0 unspecified atom stereocenters. The lowest BCUT2D eigenvalue weighted by Crippen LogP contribution is -2.07. The van der Waals surface area contributed by atoms with Crippen molar-refractivity contribution in [1.82, 2.24) is 0 Å². The van der Waals surface area contributed by atoms with E-state index in [1.165, 1.54) is 12.1 Å². The molecule has 0 aromatic heterocycles. The van der Waals surface area contributed by atoms with Gasteiger partial charge in [-0.3, -0.25) is 0 Å². The van der Waals surface area contributed by atoms with Crippen LogP contribution < -0.4 is 0 Å². The summed E-state index contributed by atoms with van der Waals surface area (Å²) in [6, 6.07) is 2.71. The normalized spacial score (nSPS) is 16.4. The molecule has 1 aliphatic carbocycles. The Morgan fingerprint density at radius 1 is 1.07 bits per heavy atom. The number of halogens is 2. The minimum Gasteiger partial charge on any atom is -0.204 e. The summed E-state index contributed by atoms with van der Waals surface area (Å²) in [5.41, 5.74) is 1.98. The topological polar surface area (TPSA) is 0 Å². The van der Waals surface area contributed by atoms with Gasteiger partial charge in [0.1, 0.15) is 0 Å². The van der Waals surface area contributed by atoms with E-state index in [1.807, 2.05) is 0 Å². The first kappa shape index (κ1) is 9.63. The number of hydrogen-bond donors (Lipinski definition) is 0. The minimum absolute atomic E-state index is 0.547. The summed E-state index contributed by atoms with van der Waals surface area (Å²) in [4.78, 5) is 0. The molecule has 0 radical (unpaired) electrons. The van der Waals surface area contributed by atoms with E-state index in [0.29, 0.717) is 11.8 Å². The fourth-order valence-electron chi connectivity index (χ4n) is 2.12. The molecule has 1 aromatic carbocycles. The lowest BCUT2D eigenvalue weighted by Gasteiger charge is -2.12. The van der Waals surface area contributed by atoms with Crippen LogP contribution in [-0.2, 0) is 12.8 Å². The van der Waals surface area contributed by atoms with Crippen molar-refractivity contribution in [1.29, 1.82) is 0 Å². The zero-order valence-corrected chi connectivity index (χ0v) is 8.48. The Bertz CT molecular complexity index is 325. The van der Waals surface area contributed by atoms with Crippen molar-refractivity contribution in [2.24, 2.45) is 11.8 Å². The quantitative estimate of drug-likeness (QED) is 0.646. The van der Waals surface area contributed by atoms with Gasteiger partial charge in [0.05, 0.1) is 0 Å². The predicted octanol–water partition coefficient (Wildman–Crippen LogP) is 3.34. The van der Waals surface area contributed by atoms with Crippen molar-refractivity contribution < 1.29 is 8.78 Å². The predicted molar refractivity (Wildman–Crippen MR) is 52.1 cm³/mol. The van der Waals surface area contributed by atoms with Crippen molar-refractivity contribution >= 4 is 0 Å². The van der Waals surface area contributed by atoms with Crippen LogP contribution in [0.25, 0.3) is 0 Å². The Labute approximate surface area is 82.9 Å². The second-order valence-electron chi connectivity index (χ2n) is 4.45. The van der Waals surface area contributed by atoms with Gasteiger partial charge in [-0.15, -0.1) is 0 Å². The largest absolute Gasteiger partial charge is 0.204 e. The van der Waals surface area contributed by atoms with Crippen LogP contribution in [0, 0.1) is 23.5 Å². The van der Waals surface area contributed by atoms with Crippen LogP contribution in [0.4, 0.5) is 8.78 Å². The van der Waals surface area contributed by atoms with Gasteiger partial charge >= 0.3 is 0 Å². The third-order valence-corrected chi connectivity index (χ3v) is 3.15. The van der Waals surface area contributed by atoms with Gasteiger partial charge in [-0.1, -0.05) is 13.8 Å². The Morgan fingerprint density at radius 2 is 1.50 bits per heavy atom. The second kappa shape index (κ2) is 3.34. The van der Waals surface area contributed by atoms with E-state index in [2.05, 4.69) is 13.8 Å². The Balaban J connectivity index is 2.31. The van der Waals surface area contributed by atoms with Crippen molar-refractivity contribution in [3.8, 4) is 0 Å². The van der Waals surface area contributed by atoms with Crippen LogP contribution in [0.2, 0.25) is 0 Å². The molecule has 2 heteroatoms. The smallest absolute Gasteiger partial charge is 0.159 e. The third kappa shape index (κ3) is 1.54. The van der Waals surface area contributed by atoms with E-state index in [-0.39, 0.29) is 0 Å². The Hall–Kier alpha value is -0.920. The van der Waals surface area contributed by atoms with Gasteiger partial charge in [-0.05, 0) is 47.9 Å².